The Labute approximate surface area is 168 Å². The molecule has 0 spiro atoms. The molecule has 1 saturated carbocycles. The summed E-state index contributed by atoms with van der Waals surface area (Å²) in [6.45, 7) is 5.08. The van der Waals surface area contributed by atoms with Gasteiger partial charge < -0.3 is 9.32 Å². The lowest BCUT2D eigenvalue weighted by Crippen LogP contribution is -2.38. The number of hydrogen-bond acceptors (Lipinski definition) is 5. The molecule has 7 nitrogen and oxygen atoms in total. The molecular formula is C22H23N5O2. The van der Waals surface area contributed by atoms with E-state index >= 15 is 0 Å². The molecule has 1 aliphatic rings. The minimum atomic E-state index is 0.113. The van der Waals surface area contributed by atoms with Gasteiger partial charge in [-0.3, -0.25) is 4.79 Å². The molecule has 0 saturated heterocycles. The van der Waals surface area contributed by atoms with E-state index < -0.39 is 0 Å². The summed E-state index contributed by atoms with van der Waals surface area (Å²) in [6, 6.07) is 10.1. The first kappa shape index (κ1) is 17.8. The van der Waals surface area contributed by atoms with Crippen LogP contribution in [0.4, 0.5) is 0 Å². The summed E-state index contributed by atoms with van der Waals surface area (Å²) in [5.41, 5.74) is 5.01. The van der Waals surface area contributed by atoms with Gasteiger partial charge in [-0.25, -0.2) is 0 Å². The van der Waals surface area contributed by atoms with Crippen LogP contribution >= 0.6 is 0 Å². The van der Waals surface area contributed by atoms with Gasteiger partial charge in [0.25, 0.3) is 0 Å². The van der Waals surface area contributed by atoms with Gasteiger partial charge in [-0.2, -0.15) is 4.52 Å². The minimum Gasteiger partial charge on any atom is -0.467 e. The van der Waals surface area contributed by atoms with Crippen LogP contribution in [0.15, 0.2) is 41.0 Å². The van der Waals surface area contributed by atoms with Gasteiger partial charge in [-0.15, -0.1) is 5.10 Å². The number of aryl methyl sites for hydroxylation is 2. The van der Waals surface area contributed by atoms with Crippen molar-refractivity contribution in [3.63, 3.8) is 0 Å². The molecule has 148 valence electrons. The van der Waals surface area contributed by atoms with Crippen LogP contribution in [0.5, 0.6) is 0 Å². The first-order chi connectivity index (χ1) is 14.1. The Balaban J connectivity index is 1.57. The molecule has 1 aliphatic carbocycles. The topological polar surface area (TPSA) is 76.5 Å². The van der Waals surface area contributed by atoms with Crippen LogP contribution in [-0.4, -0.2) is 30.8 Å². The molecular weight excluding hydrogens is 366 g/mol. The van der Waals surface area contributed by atoms with Crippen molar-refractivity contribution >= 4 is 22.5 Å². The van der Waals surface area contributed by atoms with E-state index in [1.807, 2.05) is 17.0 Å². The van der Waals surface area contributed by atoms with Crippen LogP contribution in [0, 0.1) is 19.8 Å². The third-order valence-corrected chi connectivity index (χ3v) is 6.01. The van der Waals surface area contributed by atoms with Gasteiger partial charge in [-0.1, -0.05) is 6.42 Å². The van der Waals surface area contributed by atoms with Crippen LogP contribution in [0.25, 0.3) is 16.6 Å². The number of hydrogen-bond donors (Lipinski definition) is 0. The number of pyridine rings is 1. The smallest absolute Gasteiger partial charge is 0.226 e. The molecule has 0 atom stereocenters. The summed E-state index contributed by atoms with van der Waals surface area (Å²) in [5, 5.41) is 13.4. The Bertz CT molecular complexity index is 1190. The number of amides is 1. The maximum absolute atomic E-state index is 13.1. The molecule has 0 aliphatic heterocycles. The van der Waals surface area contributed by atoms with Crippen LogP contribution in [-0.2, 0) is 17.9 Å². The monoisotopic (exact) mass is 389 g/mol. The van der Waals surface area contributed by atoms with Gasteiger partial charge in [0.05, 0.1) is 18.3 Å². The second-order valence-electron chi connectivity index (χ2n) is 7.98. The first-order valence-corrected chi connectivity index (χ1v) is 10.0. The Morgan fingerprint density at radius 2 is 2.03 bits per heavy atom. The second kappa shape index (κ2) is 6.99. The SMILES string of the molecule is Cc1cc2cc(CN(Cc3ccco3)C(=O)C3CCC3)c3nnnn3c2cc1C. The lowest BCUT2D eigenvalue weighted by Gasteiger charge is -2.31. The van der Waals surface area contributed by atoms with Crippen molar-refractivity contribution in [3.05, 3.63) is 59.0 Å². The third kappa shape index (κ3) is 3.16. The molecule has 0 bridgehead atoms. The maximum atomic E-state index is 13.1. The number of furan rings is 1. The fraction of sp³-hybridized carbons (Fsp3) is 0.364. The number of rotatable bonds is 5. The van der Waals surface area contributed by atoms with Crippen molar-refractivity contribution in [2.75, 3.05) is 0 Å². The fourth-order valence-corrected chi connectivity index (χ4v) is 3.96. The minimum absolute atomic E-state index is 0.113. The van der Waals surface area contributed by atoms with Crippen molar-refractivity contribution in [2.24, 2.45) is 5.92 Å². The first-order valence-electron chi connectivity index (χ1n) is 10.0. The molecule has 5 rings (SSSR count). The number of fused-ring (bicyclic) bond motifs is 3. The highest BCUT2D eigenvalue weighted by molar-refractivity contribution is 5.85. The highest BCUT2D eigenvalue weighted by atomic mass is 16.3. The fourth-order valence-electron chi connectivity index (χ4n) is 3.96. The molecule has 7 heteroatoms. The Morgan fingerprint density at radius 1 is 1.21 bits per heavy atom. The molecule has 3 aromatic heterocycles. The standard InChI is InChI=1S/C22H23N5O2/c1-14-9-17-11-18(21-23-24-25-27(21)20(17)10-15(14)2)12-26(13-19-7-4-8-29-19)22(28)16-5-3-6-16/h4,7-11,16H,3,5-6,12-13H2,1-2H3. The van der Waals surface area contributed by atoms with Crippen LogP contribution < -0.4 is 0 Å². The molecule has 0 N–H and O–H groups in total. The van der Waals surface area contributed by atoms with E-state index in [0.29, 0.717) is 18.7 Å². The highest BCUT2D eigenvalue weighted by Gasteiger charge is 2.30. The average molecular weight is 389 g/mol. The van der Waals surface area contributed by atoms with Crippen molar-refractivity contribution in [1.82, 2.24) is 24.9 Å². The van der Waals surface area contributed by atoms with E-state index in [2.05, 4.69) is 47.6 Å². The molecule has 0 unspecified atom stereocenters. The molecule has 0 radical (unpaired) electrons. The van der Waals surface area contributed by atoms with Crippen LogP contribution in [0.3, 0.4) is 0 Å². The summed E-state index contributed by atoms with van der Waals surface area (Å²) < 4.78 is 7.29. The molecule has 4 aromatic rings. The molecule has 1 amide bonds. The predicted octanol–water partition coefficient (Wildman–Crippen LogP) is 3.82. The van der Waals surface area contributed by atoms with Gasteiger partial charge in [0.1, 0.15) is 5.76 Å². The second-order valence-corrected chi connectivity index (χ2v) is 7.98. The number of benzene rings is 1. The van der Waals surface area contributed by atoms with Gasteiger partial charge >= 0.3 is 0 Å². The van der Waals surface area contributed by atoms with Crippen molar-refractivity contribution < 1.29 is 9.21 Å². The Kier molecular flexibility index (Phi) is 4.30. The normalized spacial score (nSPS) is 14.4. The average Bonchev–Trinajstić information content (AvgIpc) is 3.33. The van der Waals surface area contributed by atoms with Gasteiger partial charge in [0.2, 0.25) is 5.91 Å². The summed E-state index contributed by atoms with van der Waals surface area (Å²) in [5.74, 6) is 1.07. The van der Waals surface area contributed by atoms with E-state index in [4.69, 9.17) is 4.42 Å². The summed E-state index contributed by atoms with van der Waals surface area (Å²) in [7, 11) is 0. The highest BCUT2D eigenvalue weighted by Crippen LogP contribution is 2.30. The van der Waals surface area contributed by atoms with Gasteiger partial charge in [0.15, 0.2) is 5.65 Å². The van der Waals surface area contributed by atoms with Gasteiger partial charge in [-0.05, 0) is 78.6 Å². The van der Waals surface area contributed by atoms with E-state index in [1.165, 1.54) is 11.1 Å². The van der Waals surface area contributed by atoms with E-state index in [1.54, 1.807) is 10.8 Å². The predicted molar refractivity (Wildman–Crippen MR) is 108 cm³/mol. The molecule has 1 aromatic carbocycles. The molecule has 1 fully saturated rings. The number of aromatic nitrogens is 4. The number of carbonyl (C=O) groups excluding carboxylic acids is 1. The van der Waals surface area contributed by atoms with Gasteiger partial charge in [0, 0.05) is 23.4 Å². The third-order valence-electron chi connectivity index (χ3n) is 6.01. The van der Waals surface area contributed by atoms with Crippen LogP contribution in [0.1, 0.15) is 41.7 Å². The van der Waals surface area contributed by atoms with Crippen molar-refractivity contribution in [3.8, 4) is 0 Å². The van der Waals surface area contributed by atoms with E-state index in [9.17, 15) is 4.79 Å². The van der Waals surface area contributed by atoms with E-state index in [0.717, 1.165) is 41.5 Å². The zero-order valence-corrected chi connectivity index (χ0v) is 16.6. The van der Waals surface area contributed by atoms with E-state index in [-0.39, 0.29) is 11.8 Å². The molecule has 29 heavy (non-hydrogen) atoms. The Morgan fingerprint density at radius 3 is 2.76 bits per heavy atom. The largest absolute Gasteiger partial charge is 0.467 e. The molecule has 3 heterocycles. The lowest BCUT2D eigenvalue weighted by atomic mass is 9.84. The Hall–Kier alpha value is -3.22. The zero-order chi connectivity index (χ0) is 20.0. The number of carbonyl (C=O) groups is 1. The number of nitrogens with zero attached hydrogens (tertiary/aromatic N) is 5. The quantitative estimate of drug-likeness (QED) is 0.519. The zero-order valence-electron chi connectivity index (χ0n) is 16.6. The number of tetrazole rings is 1. The maximum Gasteiger partial charge on any atom is 0.226 e. The summed E-state index contributed by atoms with van der Waals surface area (Å²) in [6.07, 6.45) is 4.69. The van der Waals surface area contributed by atoms with Crippen molar-refractivity contribution in [2.45, 2.75) is 46.2 Å². The lowest BCUT2D eigenvalue weighted by molar-refractivity contribution is -0.139. The van der Waals surface area contributed by atoms with Crippen LogP contribution in [0.2, 0.25) is 0 Å². The summed E-state index contributed by atoms with van der Waals surface area (Å²) in [4.78, 5) is 15.0. The summed E-state index contributed by atoms with van der Waals surface area (Å²) >= 11 is 0. The van der Waals surface area contributed by atoms with Crippen molar-refractivity contribution in [1.29, 1.82) is 0 Å².